The predicted molar refractivity (Wildman–Crippen MR) is 138 cm³/mol. The maximum Gasteiger partial charge on any atom is 0.249 e. The topological polar surface area (TPSA) is 61.4 Å². The van der Waals surface area contributed by atoms with Gasteiger partial charge < -0.3 is 10.6 Å². The van der Waals surface area contributed by atoms with E-state index in [4.69, 9.17) is 23.2 Å². The molecule has 1 fully saturated rings. The maximum absolute atomic E-state index is 13.9. The van der Waals surface area contributed by atoms with Crippen LogP contribution in [0.3, 0.4) is 0 Å². The predicted octanol–water partition coefficient (Wildman–Crippen LogP) is 5.93. The molecule has 4 rings (SSSR count). The first-order chi connectivity index (χ1) is 16.1. The number of fused-ring (bicyclic) bond motifs is 1. The fraction of sp³-hybridized carbons (Fsp3) is 0.481. The van der Waals surface area contributed by atoms with Gasteiger partial charge in [-0.2, -0.15) is 0 Å². The Labute approximate surface area is 212 Å². The Morgan fingerprint density at radius 2 is 1.79 bits per heavy atom. The Bertz CT molecular complexity index is 1080. The lowest BCUT2D eigenvalue weighted by atomic mass is 9.80. The zero-order chi connectivity index (χ0) is 24.5. The standard InChI is InChI=1S/C27H33Cl2N3O2/c1-26(2,3)31-24(33)17-32(21-10-5-4-6-11-21)27(16-18-8-7-9-19(28)14-18)22-13-12-20(29)15-23(22)30-25(27)34/h7-9,12-15,21H,4-6,10-11,16-17H2,1-3H3,(H,30,34)(H,31,33). The summed E-state index contributed by atoms with van der Waals surface area (Å²) >= 11 is 12.6. The molecule has 1 aliphatic carbocycles. The quantitative estimate of drug-likeness (QED) is 0.515. The Kier molecular flexibility index (Phi) is 7.28. The van der Waals surface area contributed by atoms with E-state index in [1.165, 1.54) is 6.42 Å². The molecule has 1 atom stereocenters. The largest absolute Gasteiger partial charge is 0.350 e. The van der Waals surface area contributed by atoms with Crippen LogP contribution in [0.15, 0.2) is 42.5 Å². The van der Waals surface area contributed by atoms with E-state index < -0.39 is 5.54 Å². The van der Waals surface area contributed by atoms with Crippen molar-refractivity contribution in [2.75, 3.05) is 11.9 Å². The summed E-state index contributed by atoms with van der Waals surface area (Å²) in [6, 6.07) is 13.3. The zero-order valence-corrected chi connectivity index (χ0v) is 21.6. The molecule has 1 aliphatic heterocycles. The molecule has 34 heavy (non-hydrogen) atoms. The second-order valence-corrected chi connectivity index (χ2v) is 11.4. The molecule has 2 aromatic carbocycles. The first kappa shape index (κ1) is 25.0. The minimum absolute atomic E-state index is 0.0845. The molecule has 0 aromatic heterocycles. The molecule has 1 unspecified atom stereocenters. The van der Waals surface area contributed by atoms with Gasteiger partial charge in [-0.1, -0.05) is 60.7 Å². The lowest BCUT2D eigenvalue weighted by Crippen LogP contribution is -2.60. The highest BCUT2D eigenvalue weighted by Crippen LogP contribution is 2.46. The third-order valence-electron chi connectivity index (χ3n) is 6.73. The number of hydrogen-bond donors (Lipinski definition) is 2. The van der Waals surface area contributed by atoms with E-state index in [0.717, 1.165) is 36.8 Å². The number of benzene rings is 2. The van der Waals surface area contributed by atoms with E-state index in [1.54, 1.807) is 6.07 Å². The van der Waals surface area contributed by atoms with Crippen molar-refractivity contribution in [1.82, 2.24) is 10.2 Å². The number of anilines is 1. The van der Waals surface area contributed by atoms with Crippen molar-refractivity contribution in [1.29, 1.82) is 0 Å². The van der Waals surface area contributed by atoms with E-state index >= 15 is 0 Å². The highest BCUT2D eigenvalue weighted by Gasteiger charge is 2.53. The Morgan fingerprint density at radius 3 is 2.47 bits per heavy atom. The highest BCUT2D eigenvalue weighted by atomic mass is 35.5. The van der Waals surface area contributed by atoms with Gasteiger partial charge in [0.05, 0.1) is 6.54 Å². The number of carbonyl (C=O) groups is 2. The van der Waals surface area contributed by atoms with Crippen molar-refractivity contribution >= 4 is 40.7 Å². The monoisotopic (exact) mass is 501 g/mol. The van der Waals surface area contributed by atoms with Gasteiger partial charge in [0.15, 0.2) is 0 Å². The summed E-state index contributed by atoms with van der Waals surface area (Å²) < 4.78 is 0. The summed E-state index contributed by atoms with van der Waals surface area (Å²) in [5.41, 5.74) is 1.11. The van der Waals surface area contributed by atoms with Gasteiger partial charge in [-0.15, -0.1) is 0 Å². The summed E-state index contributed by atoms with van der Waals surface area (Å²) in [4.78, 5) is 29.4. The average Bonchev–Trinajstić information content (AvgIpc) is 3.02. The molecule has 0 bridgehead atoms. The molecule has 2 amide bonds. The number of nitrogens with one attached hydrogen (secondary N) is 2. The first-order valence-electron chi connectivity index (χ1n) is 12.0. The smallest absolute Gasteiger partial charge is 0.249 e. The Hall–Kier alpha value is -2.08. The zero-order valence-electron chi connectivity index (χ0n) is 20.1. The highest BCUT2D eigenvalue weighted by molar-refractivity contribution is 6.31. The summed E-state index contributed by atoms with van der Waals surface area (Å²) in [6.45, 7) is 6.05. The number of halogens is 2. The summed E-state index contributed by atoms with van der Waals surface area (Å²) in [5.74, 6) is -0.211. The molecule has 7 heteroatoms. The molecule has 2 aromatic rings. The number of amides is 2. The van der Waals surface area contributed by atoms with E-state index in [1.807, 2.05) is 57.2 Å². The molecular weight excluding hydrogens is 469 g/mol. The average molecular weight is 502 g/mol. The third kappa shape index (κ3) is 5.27. The molecule has 0 radical (unpaired) electrons. The molecule has 5 nitrogen and oxygen atoms in total. The lowest BCUT2D eigenvalue weighted by Gasteiger charge is -2.46. The van der Waals surface area contributed by atoms with Crippen LogP contribution < -0.4 is 10.6 Å². The summed E-state index contributed by atoms with van der Waals surface area (Å²) in [6.07, 6.45) is 5.67. The fourth-order valence-corrected chi connectivity index (χ4v) is 5.80. The first-order valence-corrected chi connectivity index (χ1v) is 12.8. The molecular formula is C27H33Cl2N3O2. The normalized spacial score (nSPS) is 20.8. The Balaban J connectivity index is 1.85. The van der Waals surface area contributed by atoms with Gasteiger partial charge in [0, 0.05) is 39.3 Å². The van der Waals surface area contributed by atoms with Gasteiger partial charge >= 0.3 is 0 Å². The van der Waals surface area contributed by atoms with Crippen LogP contribution in [0.5, 0.6) is 0 Å². The van der Waals surface area contributed by atoms with Crippen LogP contribution in [0.4, 0.5) is 5.69 Å². The maximum atomic E-state index is 13.9. The second-order valence-electron chi connectivity index (χ2n) is 10.5. The van der Waals surface area contributed by atoms with E-state index in [-0.39, 0.29) is 29.9 Å². The molecule has 2 aliphatic rings. The van der Waals surface area contributed by atoms with Crippen LogP contribution >= 0.6 is 23.2 Å². The minimum atomic E-state index is -1.04. The van der Waals surface area contributed by atoms with Crippen molar-refractivity contribution < 1.29 is 9.59 Å². The van der Waals surface area contributed by atoms with Crippen molar-refractivity contribution in [3.63, 3.8) is 0 Å². The summed E-state index contributed by atoms with van der Waals surface area (Å²) in [5, 5.41) is 7.36. The van der Waals surface area contributed by atoms with Crippen molar-refractivity contribution in [3.05, 3.63) is 63.6 Å². The molecule has 0 spiro atoms. The molecule has 0 saturated heterocycles. The van der Waals surface area contributed by atoms with Crippen LogP contribution in [-0.2, 0) is 21.5 Å². The molecule has 1 heterocycles. The Morgan fingerprint density at radius 1 is 1.09 bits per heavy atom. The minimum Gasteiger partial charge on any atom is -0.350 e. The SMILES string of the molecule is CC(C)(C)NC(=O)CN(C1CCCCC1)C1(Cc2cccc(Cl)c2)C(=O)Nc2cc(Cl)ccc21. The van der Waals surface area contributed by atoms with Crippen LogP contribution in [0, 0.1) is 0 Å². The van der Waals surface area contributed by atoms with Gasteiger partial charge in [-0.25, -0.2) is 0 Å². The van der Waals surface area contributed by atoms with Crippen LogP contribution in [0.25, 0.3) is 0 Å². The van der Waals surface area contributed by atoms with Crippen molar-refractivity contribution in [2.45, 2.75) is 76.4 Å². The van der Waals surface area contributed by atoms with Crippen molar-refractivity contribution in [2.24, 2.45) is 0 Å². The molecule has 1 saturated carbocycles. The number of nitrogens with zero attached hydrogens (tertiary/aromatic N) is 1. The van der Waals surface area contributed by atoms with Gasteiger partial charge in [0.25, 0.3) is 0 Å². The second kappa shape index (κ2) is 9.88. The van der Waals surface area contributed by atoms with Gasteiger partial charge in [0.2, 0.25) is 11.8 Å². The van der Waals surface area contributed by atoms with E-state index in [0.29, 0.717) is 22.2 Å². The molecule has 182 valence electrons. The van der Waals surface area contributed by atoms with Gasteiger partial charge in [-0.05, 0) is 63.4 Å². The number of hydrogen-bond acceptors (Lipinski definition) is 3. The van der Waals surface area contributed by atoms with Crippen molar-refractivity contribution in [3.8, 4) is 0 Å². The number of carbonyl (C=O) groups excluding carboxylic acids is 2. The van der Waals surface area contributed by atoms with Gasteiger partial charge in [0.1, 0.15) is 5.54 Å². The van der Waals surface area contributed by atoms with Gasteiger partial charge in [-0.3, -0.25) is 14.5 Å². The lowest BCUT2D eigenvalue weighted by molar-refractivity contribution is -0.135. The fourth-order valence-electron chi connectivity index (χ4n) is 5.41. The third-order valence-corrected chi connectivity index (χ3v) is 7.20. The van der Waals surface area contributed by atoms with Crippen LogP contribution in [0.2, 0.25) is 10.0 Å². The van der Waals surface area contributed by atoms with E-state index in [9.17, 15) is 9.59 Å². The number of rotatable bonds is 6. The summed E-state index contributed by atoms with van der Waals surface area (Å²) in [7, 11) is 0. The van der Waals surface area contributed by atoms with E-state index in [2.05, 4.69) is 15.5 Å². The molecule has 2 N–H and O–H groups in total. The van der Waals surface area contributed by atoms with Crippen LogP contribution in [0.1, 0.15) is 64.0 Å². The van der Waals surface area contributed by atoms with Crippen LogP contribution in [-0.4, -0.2) is 34.8 Å².